The summed E-state index contributed by atoms with van der Waals surface area (Å²) < 4.78 is 5.06. The van der Waals surface area contributed by atoms with Crippen molar-refractivity contribution in [3.05, 3.63) is 53.0 Å². The third kappa shape index (κ3) is 2.65. The van der Waals surface area contributed by atoms with Crippen LogP contribution in [0.25, 0.3) is 0 Å². The second kappa shape index (κ2) is 4.97. The summed E-state index contributed by atoms with van der Waals surface area (Å²) in [6, 6.07) is 6.24. The van der Waals surface area contributed by atoms with Crippen molar-refractivity contribution < 1.29 is 19.1 Å². The normalized spacial score (nSPS) is 10.2. The van der Waals surface area contributed by atoms with Gasteiger partial charge in [-0.15, -0.1) is 0 Å². The molecule has 1 heterocycles. The Balaban J connectivity index is 2.21. The first-order valence-electron chi connectivity index (χ1n) is 5.68. The van der Waals surface area contributed by atoms with Crippen LogP contribution in [0, 0.1) is 13.8 Å². The lowest BCUT2D eigenvalue weighted by atomic mass is 10.1. The van der Waals surface area contributed by atoms with Crippen LogP contribution < -0.4 is 5.32 Å². The highest BCUT2D eigenvalue weighted by Crippen LogP contribution is 2.17. The maximum Gasteiger partial charge on any atom is 0.335 e. The standard InChI is InChI=1S/C14H13NO4/c1-8-7-10(3-4-11(8)14(17)18)15-13(16)12-5-6-19-9(12)2/h3-7H,1-2H3,(H,15,16)(H,17,18). The molecule has 0 atom stereocenters. The van der Waals surface area contributed by atoms with Gasteiger partial charge in [0.05, 0.1) is 17.4 Å². The molecule has 19 heavy (non-hydrogen) atoms. The Kier molecular flexibility index (Phi) is 3.37. The maximum absolute atomic E-state index is 11.9. The summed E-state index contributed by atoms with van der Waals surface area (Å²) >= 11 is 0. The molecule has 0 saturated carbocycles. The van der Waals surface area contributed by atoms with Crippen molar-refractivity contribution in [2.24, 2.45) is 0 Å². The average molecular weight is 259 g/mol. The second-order valence-electron chi connectivity index (χ2n) is 4.18. The van der Waals surface area contributed by atoms with Crippen LogP contribution in [0.5, 0.6) is 0 Å². The van der Waals surface area contributed by atoms with Crippen molar-refractivity contribution in [1.82, 2.24) is 0 Å². The molecular weight excluding hydrogens is 246 g/mol. The Labute approximate surface area is 109 Å². The topological polar surface area (TPSA) is 79.5 Å². The van der Waals surface area contributed by atoms with E-state index in [1.54, 1.807) is 32.0 Å². The van der Waals surface area contributed by atoms with Gasteiger partial charge in [-0.25, -0.2) is 4.79 Å². The summed E-state index contributed by atoms with van der Waals surface area (Å²) in [6.07, 6.45) is 1.45. The zero-order chi connectivity index (χ0) is 14.0. The number of carboxylic acids is 1. The smallest absolute Gasteiger partial charge is 0.335 e. The fourth-order valence-corrected chi connectivity index (χ4v) is 1.80. The number of carbonyl (C=O) groups excluding carboxylic acids is 1. The molecule has 0 aliphatic carbocycles. The maximum atomic E-state index is 11.9. The quantitative estimate of drug-likeness (QED) is 0.888. The highest BCUT2D eigenvalue weighted by atomic mass is 16.4. The number of nitrogens with one attached hydrogen (secondary N) is 1. The van der Waals surface area contributed by atoms with E-state index >= 15 is 0 Å². The van der Waals surface area contributed by atoms with Crippen LogP contribution >= 0.6 is 0 Å². The molecule has 5 nitrogen and oxygen atoms in total. The number of anilines is 1. The van der Waals surface area contributed by atoms with E-state index in [4.69, 9.17) is 9.52 Å². The van der Waals surface area contributed by atoms with Crippen molar-refractivity contribution in [1.29, 1.82) is 0 Å². The Morgan fingerprint density at radius 3 is 2.42 bits per heavy atom. The molecule has 2 N–H and O–H groups in total. The predicted octanol–water partition coefficient (Wildman–Crippen LogP) is 2.85. The summed E-state index contributed by atoms with van der Waals surface area (Å²) in [5, 5.41) is 11.6. The van der Waals surface area contributed by atoms with Gasteiger partial charge >= 0.3 is 5.97 Å². The van der Waals surface area contributed by atoms with Gasteiger partial charge in [-0.1, -0.05) is 0 Å². The van der Waals surface area contributed by atoms with E-state index in [2.05, 4.69) is 5.32 Å². The van der Waals surface area contributed by atoms with Crippen LogP contribution in [-0.4, -0.2) is 17.0 Å². The van der Waals surface area contributed by atoms with E-state index in [0.29, 0.717) is 22.6 Å². The van der Waals surface area contributed by atoms with E-state index < -0.39 is 5.97 Å². The summed E-state index contributed by atoms with van der Waals surface area (Å²) in [5.74, 6) is -0.730. The number of aromatic carboxylic acids is 1. The van der Waals surface area contributed by atoms with E-state index in [9.17, 15) is 9.59 Å². The van der Waals surface area contributed by atoms with Crippen LogP contribution in [0.15, 0.2) is 34.9 Å². The lowest BCUT2D eigenvalue weighted by Gasteiger charge is -2.07. The molecule has 0 saturated heterocycles. The minimum absolute atomic E-state index is 0.220. The number of hydrogen-bond acceptors (Lipinski definition) is 3. The van der Waals surface area contributed by atoms with Gasteiger partial charge in [-0.3, -0.25) is 4.79 Å². The van der Waals surface area contributed by atoms with E-state index in [0.717, 1.165) is 0 Å². The molecular formula is C14H13NO4. The number of furan rings is 1. The van der Waals surface area contributed by atoms with Crippen molar-refractivity contribution in [2.75, 3.05) is 5.32 Å². The molecule has 0 unspecified atom stereocenters. The van der Waals surface area contributed by atoms with Crippen molar-refractivity contribution in [2.45, 2.75) is 13.8 Å². The molecule has 0 radical (unpaired) electrons. The molecule has 0 aliphatic rings. The van der Waals surface area contributed by atoms with Crippen molar-refractivity contribution in [3.8, 4) is 0 Å². The Hall–Kier alpha value is -2.56. The van der Waals surface area contributed by atoms with Gasteiger partial charge in [-0.05, 0) is 43.7 Å². The van der Waals surface area contributed by atoms with Crippen LogP contribution in [0.2, 0.25) is 0 Å². The predicted molar refractivity (Wildman–Crippen MR) is 69.5 cm³/mol. The number of aryl methyl sites for hydroxylation is 2. The minimum Gasteiger partial charge on any atom is -0.478 e. The van der Waals surface area contributed by atoms with Gasteiger partial charge in [0.25, 0.3) is 5.91 Å². The highest BCUT2D eigenvalue weighted by molar-refractivity contribution is 6.05. The molecule has 1 aromatic carbocycles. The SMILES string of the molecule is Cc1cc(NC(=O)c2ccoc2C)ccc1C(=O)O. The number of rotatable bonds is 3. The van der Waals surface area contributed by atoms with Crippen LogP contribution in [0.4, 0.5) is 5.69 Å². The van der Waals surface area contributed by atoms with E-state index in [1.807, 2.05) is 0 Å². The second-order valence-corrected chi connectivity index (χ2v) is 4.18. The monoisotopic (exact) mass is 259 g/mol. The molecule has 5 heteroatoms. The summed E-state index contributed by atoms with van der Waals surface area (Å²) in [6.45, 7) is 3.38. The largest absolute Gasteiger partial charge is 0.478 e. The molecule has 1 amide bonds. The lowest BCUT2D eigenvalue weighted by molar-refractivity contribution is 0.0696. The molecule has 0 spiro atoms. The summed E-state index contributed by atoms with van der Waals surface area (Å²) in [7, 11) is 0. The molecule has 0 aliphatic heterocycles. The summed E-state index contributed by atoms with van der Waals surface area (Å²) in [5.41, 5.74) is 1.82. The van der Waals surface area contributed by atoms with Crippen LogP contribution in [0.3, 0.4) is 0 Å². The van der Waals surface area contributed by atoms with E-state index in [-0.39, 0.29) is 11.5 Å². The van der Waals surface area contributed by atoms with Gasteiger partial charge in [0.15, 0.2) is 0 Å². The highest BCUT2D eigenvalue weighted by Gasteiger charge is 2.13. The Morgan fingerprint density at radius 1 is 1.16 bits per heavy atom. The third-order valence-electron chi connectivity index (χ3n) is 2.82. The minimum atomic E-state index is -0.985. The number of amides is 1. The first-order chi connectivity index (χ1) is 8.99. The zero-order valence-corrected chi connectivity index (χ0v) is 10.6. The fourth-order valence-electron chi connectivity index (χ4n) is 1.80. The number of benzene rings is 1. The zero-order valence-electron chi connectivity index (χ0n) is 10.6. The molecule has 98 valence electrons. The van der Waals surface area contributed by atoms with E-state index in [1.165, 1.54) is 12.3 Å². The summed E-state index contributed by atoms with van der Waals surface area (Å²) in [4.78, 5) is 22.8. The van der Waals surface area contributed by atoms with Gasteiger partial charge in [0, 0.05) is 5.69 Å². The van der Waals surface area contributed by atoms with Crippen molar-refractivity contribution >= 4 is 17.6 Å². The number of carbonyl (C=O) groups is 2. The van der Waals surface area contributed by atoms with Gasteiger partial charge in [0.2, 0.25) is 0 Å². The van der Waals surface area contributed by atoms with Crippen molar-refractivity contribution in [3.63, 3.8) is 0 Å². The average Bonchev–Trinajstić information content (AvgIpc) is 2.75. The molecule has 0 fully saturated rings. The van der Waals surface area contributed by atoms with Crippen LogP contribution in [0.1, 0.15) is 32.0 Å². The number of hydrogen-bond donors (Lipinski definition) is 2. The molecule has 1 aromatic heterocycles. The van der Waals surface area contributed by atoms with Gasteiger partial charge in [-0.2, -0.15) is 0 Å². The van der Waals surface area contributed by atoms with Crippen LogP contribution in [-0.2, 0) is 0 Å². The third-order valence-corrected chi connectivity index (χ3v) is 2.82. The van der Waals surface area contributed by atoms with Gasteiger partial charge in [0.1, 0.15) is 5.76 Å². The first kappa shape index (κ1) is 12.9. The Bertz CT molecular complexity index is 643. The molecule has 2 rings (SSSR count). The fraction of sp³-hybridized carbons (Fsp3) is 0.143. The molecule has 2 aromatic rings. The Morgan fingerprint density at radius 2 is 1.89 bits per heavy atom. The molecule has 0 bridgehead atoms. The van der Waals surface area contributed by atoms with Gasteiger partial charge < -0.3 is 14.8 Å². The number of carboxylic acid groups (broad SMARTS) is 1. The first-order valence-corrected chi connectivity index (χ1v) is 5.68. The lowest BCUT2D eigenvalue weighted by Crippen LogP contribution is -2.12.